The summed E-state index contributed by atoms with van der Waals surface area (Å²) in [7, 11) is 1.79. The molecule has 1 aromatic carbocycles. The molecule has 2 nitrogen and oxygen atoms in total. The monoisotopic (exact) mass is 213 g/mol. The Balaban J connectivity index is 0.000000980. The van der Waals surface area contributed by atoms with Crippen LogP contribution in [0.15, 0.2) is 30.3 Å². The molecular formula is C11H16ClNO. The number of halogens is 1. The van der Waals surface area contributed by atoms with Crippen molar-refractivity contribution in [3.05, 3.63) is 35.9 Å². The Bertz CT molecular complexity index is 265. The molecule has 3 heteroatoms. The Morgan fingerprint density at radius 2 is 1.93 bits per heavy atom. The van der Waals surface area contributed by atoms with Crippen LogP contribution in [-0.2, 0) is 4.74 Å². The minimum Gasteiger partial charge on any atom is -0.379 e. The van der Waals surface area contributed by atoms with Crippen molar-refractivity contribution in [3.63, 3.8) is 0 Å². The molecule has 1 aliphatic heterocycles. The van der Waals surface area contributed by atoms with Gasteiger partial charge in [-0.25, -0.2) is 0 Å². The lowest BCUT2D eigenvalue weighted by Crippen LogP contribution is -2.19. The molecule has 2 rings (SSSR count). The molecule has 1 aliphatic rings. The third kappa shape index (κ3) is 2.27. The molecule has 78 valence electrons. The maximum absolute atomic E-state index is 5.42. The van der Waals surface area contributed by atoms with Gasteiger partial charge in [-0.15, -0.1) is 12.4 Å². The van der Waals surface area contributed by atoms with Crippen molar-refractivity contribution in [2.24, 2.45) is 0 Å². The molecule has 14 heavy (non-hydrogen) atoms. The predicted molar refractivity (Wildman–Crippen MR) is 60.1 cm³/mol. The topological polar surface area (TPSA) is 21.3 Å². The zero-order valence-electron chi connectivity index (χ0n) is 8.27. The Hall–Kier alpha value is -0.570. The smallest absolute Gasteiger partial charge is 0.0776 e. The average Bonchev–Trinajstić information content (AvgIpc) is 2.67. The minimum absolute atomic E-state index is 0. The lowest BCUT2D eigenvalue weighted by atomic mass is 9.96. The average molecular weight is 214 g/mol. The summed E-state index contributed by atoms with van der Waals surface area (Å²) in [4.78, 5) is 0. The number of rotatable bonds is 2. The lowest BCUT2D eigenvalue weighted by Gasteiger charge is -2.16. The highest BCUT2D eigenvalue weighted by molar-refractivity contribution is 5.85. The van der Waals surface area contributed by atoms with Crippen molar-refractivity contribution in [2.75, 3.05) is 20.2 Å². The number of hydrogen-bond acceptors (Lipinski definition) is 2. The van der Waals surface area contributed by atoms with Gasteiger partial charge in [-0.05, 0) is 5.56 Å². The van der Waals surface area contributed by atoms with Gasteiger partial charge >= 0.3 is 0 Å². The quantitative estimate of drug-likeness (QED) is 0.809. The predicted octanol–water partition coefficient (Wildman–Crippen LogP) is 1.81. The molecule has 1 aromatic rings. The van der Waals surface area contributed by atoms with Crippen LogP contribution in [0, 0.1) is 0 Å². The van der Waals surface area contributed by atoms with E-state index in [1.165, 1.54) is 5.56 Å². The zero-order chi connectivity index (χ0) is 9.10. The highest BCUT2D eigenvalue weighted by Crippen LogP contribution is 2.24. The van der Waals surface area contributed by atoms with Gasteiger partial charge in [0.2, 0.25) is 0 Å². The molecule has 0 aromatic heterocycles. The fourth-order valence-corrected chi connectivity index (χ4v) is 1.94. The van der Waals surface area contributed by atoms with Crippen LogP contribution in [0.3, 0.4) is 0 Å². The fourth-order valence-electron chi connectivity index (χ4n) is 1.94. The van der Waals surface area contributed by atoms with E-state index in [1.807, 2.05) is 6.07 Å². The Morgan fingerprint density at radius 3 is 2.57 bits per heavy atom. The minimum atomic E-state index is 0. The third-order valence-electron chi connectivity index (χ3n) is 2.69. The molecule has 0 spiro atoms. The molecule has 0 amide bonds. The summed E-state index contributed by atoms with van der Waals surface area (Å²) in [6, 6.07) is 10.6. The van der Waals surface area contributed by atoms with E-state index >= 15 is 0 Å². The molecular weight excluding hydrogens is 198 g/mol. The Labute approximate surface area is 91.1 Å². The summed E-state index contributed by atoms with van der Waals surface area (Å²) in [6.07, 6.45) is 0.336. The van der Waals surface area contributed by atoms with Gasteiger partial charge in [-0.1, -0.05) is 30.3 Å². The molecule has 1 N–H and O–H groups in total. The van der Waals surface area contributed by atoms with E-state index in [-0.39, 0.29) is 12.4 Å². The first-order valence-electron chi connectivity index (χ1n) is 4.70. The van der Waals surface area contributed by atoms with Crippen molar-refractivity contribution in [1.82, 2.24) is 5.32 Å². The van der Waals surface area contributed by atoms with Gasteiger partial charge in [0.15, 0.2) is 0 Å². The number of methoxy groups -OCH3 is 1. The molecule has 0 radical (unpaired) electrons. The van der Waals surface area contributed by atoms with Crippen molar-refractivity contribution in [3.8, 4) is 0 Å². The van der Waals surface area contributed by atoms with Crippen molar-refractivity contribution in [1.29, 1.82) is 0 Å². The SMILES string of the molecule is CO[C@@H]1CNC[C@H]1c1ccccc1.Cl. The summed E-state index contributed by atoms with van der Waals surface area (Å²) in [5.41, 5.74) is 1.37. The van der Waals surface area contributed by atoms with E-state index in [0.717, 1.165) is 13.1 Å². The molecule has 0 aliphatic carbocycles. The number of nitrogens with one attached hydrogen (secondary N) is 1. The van der Waals surface area contributed by atoms with Crippen LogP contribution >= 0.6 is 12.4 Å². The molecule has 2 atom stereocenters. The highest BCUT2D eigenvalue weighted by atomic mass is 35.5. The zero-order valence-corrected chi connectivity index (χ0v) is 9.09. The van der Waals surface area contributed by atoms with E-state index in [0.29, 0.717) is 12.0 Å². The molecule has 1 heterocycles. The molecule has 1 fully saturated rings. The van der Waals surface area contributed by atoms with Crippen molar-refractivity contribution >= 4 is 12.4 Å². The van der Waals surface area contributed by atoms with Crippen molar-refractivity contribution < 1.29 is 4.74 Å². The number of ether oxygens (including phenoxy) is 1. The largest absolute Gasteiger partial charge is 0.379 e. The summed E-state index contributed by atoms with van der Waals surface area (Å²) in [5.74, 6) is 0.520. The summed E-state index contributed by atoms with van der Waals surface area (Å²) >= 11 is 0. The van der Waals surface area contributed by atoms with Gasteiger partial charge in [0.1, 0.15) is 0 Å². The van der Waals surface area contributed by atoms with Crippen LogP contribution in [0.25, 0.3) is 0 Å². The second-order valence-corrected chi connectivity index (χ2v) is 3.45. The van der Waals surface area contributed by atoms with Gasteiger partial charge in [0, 0.05) is 26.1 Å². The number of hydrogen-bond donors (Lipinski definition) is 1. The van der Waals surface area contributed by atoms with E-state index in [4.69, 9.17) is 4.74 Å². The third-order valence-corrected chi connectivity index (χ3v) is 2.69. The van der Waals surface area contributed by atoms with E-state index in [2.05, 4.69) is 29.6 Å². The van der Waals surface area contributed by atoms with Crippen LogP contribution in [0.2, 0.25) is 0 Å². The van der Waals surface area contributed by atoms with Crippen molar-refractivity contribution in [2.45, 2.75) is 12.0 Å². The van der Waals surface area contributed by atoms with Gasteiger partial charge < -0.3 is 10.1 Å². The van der Waals surface area contributed by atoms with Gasteiger partial charge in [0.05, 0.1) is 6.10 Å². The van der Waals surface area contributed by atoms with Crippen LogP contribution in [0.5, 0.6) is 0 Å². The normalized spacial score (nSPS) is 25.8. The second-order valence-electron chi connectivity index (χ2n) is 3.45. The molecule has 1 saturated heterocycles. The van der Waals surface area contributed by atoms with Crippen LogP contribution in [-0.4, -0.2) is 26.3 Å². The maximum Gasteiger partial charge on any atom is 0.0776 e. The molecule has 0 saturated carbocycles. The van der Waals surface area contributed by atoms with Gasteiger partial charge in [-0.2, -0.15) is 0 Å². The Kier molecular flexibility index (Phi) is 4.39. The van der Waals surface area contributed by atoms with E-state index in [1.54, 1.807) is 7.11 Å². The van der Waals surface area contributed by atoms with Gasteiger partial charge in [-0.3, -0.25) is 0 Å². The first-order valence-corrected chi connectivity index (χ1v) is 4.70. The first kappa shape index (κ1) is 11.5. The second kappa shape index (κ2) is 5.35. The summed E-state index contributed by atoms with van der Waals surface area (Å²) in [5, 5.41) is 3.35. The van der Waals surface area contributed by atoms with Gasteiger partial charge in [0.25, 0.3) is 0 Å². The molecule has 0 unspecified atom stereocenters. The summed E-state index contributed by atoms with van der Waals surface area (Å²) < 4.78 is 5.42. The fraction of sp³-hybridized carbons (Fsp3) is 0.455. The van der Waals surface area contributed by atoms with Crippen LogP contribution in [0.4, 0.5) is 0 Å². The molecule has 0 bridgehead atoms. The first-order chi connectivity index (χ1) is 6.42. The van der Waals surface area contributed by atoms with Crippen LogP contribution in [0.1, 0.15) is 11.5 Å². The lowest BCUT2D eigenvalue weighted by molar-refractivity contribution is 0.106. The summed E-state index contributed by atoms with van der Waals surface area (Å²) in [6.45, 7) is 2.00. The standard InChI is InChI=1S/C11H15NO.ClH/c1-13-11-8-12-7-10(11)9-5-3-2-4-6-9;/h2-6,10-12H,7-8H2,1H3;1H/t10-,11+;/m0./s1. The number of benzene rings is 1. The van der Waals surface area contributed by atoms with Crippen LogP contribution < -0.4 is 5.32 Å². The maximum atomic E-state index is 5.42. The van der Waals surface area contributed by atoms with E-state index in [9.17, 15) is 0 Å². The highest BCUT2D eigenvalue weighted by Gasteiger charge is 2.27. The van der Waals surface area contributed by atoms with E-state index < -0.39 is 0 Å². The Morgan fingerprint density at radius 1 is 1.21 bits per heavy atom.